The monoisotopic (exact) mass is 383 g/mol. The van der Waals surface area contributed by atoms with Crippen LogP contribution < -0.4 is 5.32 Å². The Morgan fingerprint density at radius 1 is 1.30 bits per heavy atom. The Morgan fingerprint density at radius 3 is 2.50 bits per heavy atom. The summed E-state index contributed by atoms with van der Waals surface area (Å²) in [4.78, 5) is 2.24. The quantitative estimate of drug-likeness (QED) is 0.868. The number of hydrogen-bond acceptors (Lipinski definition) is 3. The highest BCUT2D eigenvalue weighted by Crippen LogP contribution is 2.27. The SMILES string of the molecule is Cl.Cl.N#CC[C@H](c1cc(F)cc(Br)c1)N1CCNCC1. The molecule has 0 unspecified atom stereocenters. The average molecular weight is 385 g/mol. The van der Waals surface area contributed by atoms with Gasteiger partial charge in [-0.05, 0) is 23.8 Å². The molecular formula is C13H17BrCl2FN3. The number of nitrogens with zero attached hydrogens (tertiary/aromatic N) is 2. The standard InChI is InChI=1S/C13H15BrFN3.2ClH/c14-11-7-10(8-12(15)9-11)13(1-2-16)18-5-3-17-4-6-18;;/h7-9,13,17H,1,3-6H2;2*1H/t13-;;/m1../s1. The van der Waals surface area contributed by atoms with E-state index in [4.69, 9.17) is 5.26 Å². The van der Waals surface area contributed by atoms with Gasteiger partial charge in [0, 0.05) is 36.7 Å². The highest BCUT2D eigenvalue weighted by molar-refractivity contribution is 9.10. The lowest BCUT2D eigenvalue weighted by molar-refractivity contribution is 0.175. The molecule has 2 rings (SSSR count). The second-order valence-corrected chi connectivity index (χ2v) is 5.28. The molecule has 1 aliphatic rings. The smallest absolute Gasteiger partial charge is 0.124 e. The number of benzene rings is 1. The van der Waals surface area contributed by atoms with Crippen molar-refractivity contribution in [3.8, 4) is 6.07 Å². The van der Waals surface area contributed by atoms with E-state index in [-0.39, 0.29) is 36.7 Å². The lowest BCUT2D eigenvalue weighted by Gasteiger charge is -2.34. The third kappa shape index (κ3) is 5.19. The Hall–Kier alpha value is -0.380. The van der Waals surface area contributed by atoms with Gasteiger partial charge in [0.15, 0.2) is 0 Å². The fourth-order valence-electron chi connectivity index (χ4n) is 2.31. The molecular weight excluding hydrogens is 368 g/mol. The summed E-state index contributed by atoms with van der Waals surface area (Å²) in [6, 6.07) is 7.03. The Bertz CT molecular complexity index is 441. The van der Waals surface area contributed by atoms with Crippen LogP contribution in [0.5, 0.6) is 0 Å². The van der Waals surface area contributed by atoms with Crippen molar-refractivity contribution in [2.45, 2.75) is 12.5 Å². The second kappa shape index (κ2) is 9.54. The van der Waals surface area contributed by atoms with E-state index in [9.17, 15) is 4.39 Å². The third-order valence-electron chi connectivity index (χ3n) is 3.15. The maximum atomic E-state index is 13.5. The van der Waals surface area contributed by atoms with Crippen LogP contribution in [0.4, 0.5) is 4.39 Å². The molecule has 1 N–H and O–H groups in total. The van der Waals surface area contributed by atoms with Crippen molar-refractivity contribution >= 4 is 40.7 Å². The third-order valence-corrected chi connectivity index (χ3v) is 3.60. The summed E-state index contributed by atoms with van der Waals surface area (Å²) in [7, 11) is 0. The summed E-state index contributed by atoms with van der Waals surface area (Å²) in [5.74, 6) is -0.266. The second-order valence-electron chi connectivity index (χ2n) is 4.37. The van der Waals surface area contributed by atoms with Gasteiger partial charge < -0.3 is 5.32 Å². The van der Waals surface area contributed by atoms with Crippen molar-refractivity contribution in [3.63, 3.8) is 0 Å². The molecule has 0 spiro atoms. The summed E-state index contributed by atoms with van der Waals surface area (Å²) in [6.07, 6.45) is 0.385. The van der Waals surface area contributed by atoms with Gasteiger partial charge in [-0.15, -0.1) is 24.8 Å². The first-order valence-corrected chi connectivity index (χ1v) is 6.77. The van der Waals surface area contributed by atoms with Gasteiger partial charge in [-0.3, -0.25) is 4.90 Å². The minimum atomic E-state index is -0.266. The average Bonchev–Trinajstić information content (AvgIpc) is 2.36. The van der Waals surface area contributed by atoms with E-state index in [1.165, 1.54) is 12.1 Å². The van der Waals surface area contributed by atoms with Crippen molar-refractivity contribution in [1.82, 2.24) is 10.2 Å². The van der Waals surface area contributed by atoms with E-state index >= 15 is 0 Å². The molecule has 1 aromatic carbocycles. The van der Waals surface area contributed by atoms with Gasteiger partial charge in [-0.1, -0.05) is 15.9 Å². The normalized spacial score (nSPS) is 16.4. The molecule has 0 radical (unpaired) electrons. The molecule has 1 atom stereocenters. The Labute approximate surface area is 139 Å². The minimum absolute atomic E-state index is 0. The summed E-state index contributed by atoms with van der Waals surface area (Å²) in [5, 5.41) is 12.2. The molecule has 1 heterocycles. The van der Waals surface area contributed by atoms with Crippen LogP contribution in [0.15, 0.2) is 22.7 Å². The molecule has 112 valence electrons. The molecule has 7 heteroatoms. The van der Waals surface area contributed by atoms with Gasteiger partial charge in [0.1, 0.15) is 5.82 Å². The van der Waals surface area contributed by atoms with Gasteiger partial charge in [0.2, 0.25) is 0 Å². The first-order valence-electron chi connectivity index (χ1n) is 5.98. The van der Waals surface area contributed by atoms with Gasteiger partial charge in [0.05, 0.1) is 12.5 Å². The molecule has 20 heavy (non-hydrogen) atoms. The molecule has 3 nitrogen and oxygen atoms in total. The number of nitriles is 1. The van der Waals surface area contributed by atoms with E-state index in [0.29, 0.717) is 6.42 Å². The largest absolute Gasteiger partial charge is 0.314 e. The number of nitrogens with one attached hydrogen (secondary N) is 1. The highest BCUT2D eigenvalue weighted by Gasteiger charge is 2.22. The first-order chi connectivity index (χ1) is 8.70. The molecule has 0 aliphatic carbocycles. The zero-order chi connectivity index (χ0) is 13.0. The van der Waals surface area contributed by atoms with Crippen molar-refractivity contribution in [2.24, 2.45) is 0 Å². The minimum Gasteiger partial charge on any atom is -0.314 e. The predicted molar refractivity (Wildman–Crippen MR) is 86.0 cm³/mol. The maximum absolute atomic E-state index is 13.5. The van der Waals surface area contributed by atoms with Crippen LogP contribution in [-0.4, -0.2) is 31.1 Å². The van der Waals surface area contributed by atoms with E-state index in [0.717, 1.165) is 36.2 Å². The van der Waals surface area contributed by atoms with Gasteiger partial charge in [-0.25, -0.2) is 4.39 Å². The molecule has 1 aromatic rings. The number of hydrogen-bond donors (Lipinski definition) is 1. The van der Waals surface area contributed by atoms with Crippen molar-refractivity contribution in [3.05, 3.63) is 34.1 Å². The molecule has 1 aliphatic heterocycles. The molecule has 0 aromatic heterocycles. The molecule has 1 saturated heterocycles. The van der Waals surface area contributed by atoms with Crippen molar-refractivity contribution < 1.29 is 4.39 Å². The van der Waals surface area contributed by atoms with Gasteiger partial charge in [-0.2, -0.15) is 5.26 Å². The summed E-state index contributed by atoms with van der Waals surface area (Å²) < 4.78 is 14.2. The van der Waals surface area contributed by atoms with E-state index < -0.39 is 0 Å². The van der Waals surface area contributed by atoms with Crippen LogP contribution in [0.25, 0.3) is 0 Å². The number of halogens is 4. The van der Waals surface area contributed by atoms with Gasteiger partial charge in [0.25, 0.3) is 0 Å². The fourth-order valence-corrected chi connectivity index (χ4v) is 2.79. The van der Waals surface area contributed by atoms with Crippen LogP contribution in [0.3, 0.4) is 0 Å². The molecule has 0 amide bonds. The van der Waals surface area contributed by atoms with Crippen LogP contribution in [-0.2, 0) is 0 Å². The topological polar surface area (TPSA) is 39.1 Å². The van der Waals surface area contributed by atoms with Crippen LogP contribution in [0, 0.1) is 17.1 Å². The van der Waals surface area contributed by atoms with Crippen LogP contribution in [0.1, 0.15) is 18.0 Å². The zero-order valence-electron chi connectivity index (χ0n) is 10.8. The zero-order valence-corrected chi connectivity index (χ0v) is 14.0. The molecule has 1 fully saturated rings. The maximum Gasteiger partial charge on any atom is 0.124 e. The summed E-state index contributed by atoms with van der Waals surface area (Å²) in [6.45, 7) is 3.61. The first kappa shape index (κ1) is 19.6. The van der Waals surface area contributed by atoms with E-state index in [1.807, 2.05) is 6.07 Å². The lowest BCUT2D eigenvalue weighted by Crippen LogP contribution is -2.45. The summed E-state index contributed by atoms with van der Waals surface area (Å²) >= 11 is 3.30. The Morgan fingerprint density at radius 2 is 1.95 bits per heavy atom. The highest BCUT2D eigenvalue weighted by atomic mass is 79.9. The predicted octanol–water partition coefficient (Wildman–Crippen LogP) is 3.29. The molecule has 0 saturated carbocycles. The van der Waals surface area contributed by atoms with Crippen LogP contribution >= 0.6 is 40.7 Å². The van der Waals surface area contributed by atoms with Crippen molar-refractivity contribution in [2.75, 3.05) is 26.2 Å². The molecule has 0 bridgehead atoms. The van der Waals surface area contributed by atoms with E-state index in [1.54, 1.807) is 0 Å². The Balaban J connectivity index is 0.00000180. The van der Waals surface area contributed by atoms with E-state index in [2.05, 4.69) is 32.2 Å². The van der Waals surface area contributed by atoms with Gasteiger partial charge >= 0.3 is 0 Å². The lowest BCUT2D eigenvalue weighted by atomic mass is 10.0. The Kier molecular flexibility index (Phi) is 9.36. The number of piperazine rings is 1. The van der Waals surface area contributed by atoms with Crippen molar-refractivity contribution in [1.29, 1.82) is 5.26 Å². The van der Waals surface area contributed by atoms with Crippen LogP contribution in [0.2, 0.25) is 0 Å². The fraction of sp³-hybridized carbons (Fsp3) is 0.462. The number of rotatable bonds is 3. The summed E-state index contributed by atoms with van der Waals surface area (Å²) in [5.41, 5.74) is 0.866.